The largest absolute Gasteiger partial charge is 0.233 e. The van der Waals surface area contributed by atoms with Gasteiger partial charge in [-0.2, -0.15) is 5.26 Å². The molecule has 1 aromatic heterocycles. The smallest absolute Gasteiger partial charge is 0.221 e. The van der Waals surface area contributed by atoms with Crippen molar-refractivity contribution in [3.63, 3.8) is 0 Å². The van der Waals surface area contributed by atoms with Crippen LogP contribution in [0.3, 0.4) is 0 Å². The molecule has 0 atom stereocenters. The molecule has 1 aromatic rings. The van der Waals surface area contributed by atoms with Crippen LogP contribution in [0.25, 0.3) is 0 Å². The van der Waals surface area contributed by atoms with Crippen molar-refractivity contribution in [3.05, 3.63) is 5.01 Å². The maximum atomic E-state index is 11.6. The molecule has 0 saturated heterocycles. The Bertz CT molecular complexity index is 456. The molecule has 0 radical (unpaired) electrons. The van der Waals surface area contributed by atoms with Crippen LogP contribution in [0.15, 0.2) is 4.34 Å². The normalized spacial score (nSPS) is 11.6. The van der Waals surface area contributed by atoms with Crippen LogP contribution in [0.2, 0.25) is 0 Å². The second-order valence-corrected chi connectivity index (χ2v) is 6.35. The van der Waals surface area contributed by atoms with Crippen LogP contribution in [-0.2, 0) is 9.84 Å². The van der Waals surface area contributed by atoms with E-state index in [0.717, 1.165) is 11.3 Å². The molecule has 0 unspecified atom stereocenters. The van der Waals surface area contributed by atoms with E-state index in [-0.39, 0.29) is 21.0 Å². The molecular formula is C7H9N3O2S2. The van der Waals surface area contributed by atoms with Gasteiger partial charge in [-0.3, -0.25) is 0 Å². The summed E-state index contributed by atoms with van der Waals surface area (Å²) in [5.74, 6) is 0.0713. The van der Waals surface area contributed by atoms with E-state index >= 15 is 0 Å². The highest BCUT2D eigenvalue weighted by Gasteiger charge is 2.21. The molecule has 0 fully saturated rings. The van der Waals surface area contributed by atoms with Crippen molar-refractivity contribution in [2.45, 2.75) is 18.2 Å². The third-order valence-electron chi connectivity index (χ3n) is 1.32. The summed E-state index contributed by atoms with van der Waals surface area (Å²) in [6.45, 7) is 3.62. The number of hydrogen-bond acceptors (Lipinski definition) is 6. The van der Waals surface area contributed by atoms with Gasteiger partial charge in [0.2, 0.25) is 19.2 Å². The Hall–Kier alpha value is -1.00. The SMILES string of the molecule is CC(C)CS(=O)(=O)c1nnc(C#N)s1. The molecule has 0 spiro atoms. The Kier molecular flexibility index (Phi) is 3.18. The van der Waals surface area contributed by atoms with Crippen molar-refractivity contribution in [1.29, 1.82) is 5.26 Å². The van der Waals surface area contributed by atoms with Crippen molar-refractivity contribution in [3.8, 4) is 6.07 Å². The Morgan fingerprint density at radius 3 is 2.57 bits per heavy atom. The minimum Gasteiger partial charge on any atom is -0.221 e. The number of hydrogen-bond donors (Lipinski definition) is 0. The van der Waals surface area contributed by atoms with Gasteiger partial charge in [0.15, 0.2) is 0 Å². The maximum Gasteiger partial charge on any atom is 0.233 e. The third-order valence-corrected chi connectivity index (χ3v) is 4.67. The zero-order valence-electron chi connectivity index (χ0n) is 7.76. The first kappa shape index (κ1) is 11.1. The molecule has 1 rings (SSSR count). The molecule has 7 heteroatoms. The molecule has 0 aliphatic rings. The van der Waals surface area contributed by atoms with E-state index in [1.165, 1.54) is 0 Å². The molecule has 5 nitrogen and oxygen atoms in total. The fourth-order valence-corrected chi connectivity index (χ4v) is 3.40. The van der Waals surface area contributed by atoms with Crippen molar-refractivity contribution < 1.29 is 8.42 Å². The van der Waals surface area contributed by atoms with E-state index in [1.54, 1.807) is 6.07 Å². The van der Waals surface area contributed by atoms with E-state index in [0.29, 0.717) is 0 Å². The highest BCUT2D eigenvalue weighted by molar-refractivity contribution is 7.93. The molecule has 0 aromatic carbocycles. The van der Waals surface area contributed by atoms with Crippen molar-refractivity contribution in [2.75, 3.05) is 5.75 Å². The Labute approximate surface area is 86.3 Å². The average molecular weight is 231 g/mol. The molecule has 0 N–H and O–H groups in total. The van der Waals surface area contributed by atoms with Gasteiger partial charge in [-0.25, -0.2) is 8.42 Å². The lowest BCUT2D eigenvalue weighted by Gasteiger charge is -2.01. The van der Waals surface area contributed by atoms with E-state index in [1.807, 2.05) is 13.8 Å². The standard InChI is InChI=1S/C7H9N3O2S2/c1-5(2)4-14(11,12)7-10-9-6(3-8)13-7/h5H,4H2,1-2H3. The van der Waals surface area contributed by atoms with Crippen LogP contribution >= 0.6 is 11.3 Å². The number of sulfone groups is 1. The monoisotopic (exact) mass is 231 g/mol. The molecule has 0 amide bonds. The fourth-order valence-electron chi connectivity index (χ4n) is 0.891. The summed E-state index contributed by atoms with van der Waals surface area (Å²) < 4.78 is 23.1. The minimum atomic E-state index is -3.36. The topological polar surface area (TPSA) is 83.7 Å². The highest BCUT2D eigenvalue weighted by Crippen LogP contribution is 2.18. The minimum absolute atomic E-state index is 0.0348. The summed E-state index contributed by atoms with van der Waals surface area (Å²) in [7, 11) is -3.36. The molecule has 0 aliphatic carbocycles. The molecule has 0 saturated carbocycles. The fraction of sp³-hybridized carbons (Fsp3) is 0.571. The van der Waals surface area contributed by atoms with Gasteiger partial charge >= 0.3 is 0 Å². The van der Waals surface area contributed by atoms with Crippen LogP contribution in [-0.4, -0.2) is 24.4 Å². The van der Waals surface area contributed by atoms with E-state index in [2.05, 4.69) is 10.2 Å². The predicted octanol–water partition coefficient (Wildman–Crippen LogP) is 0.839. The first-order valence-electron chi connectivity index (χ1n) is 3.92. The van der Waals surface area contributed by atoms with Gasteiger partial charge in [-0.1, -0.05) is 25.2 Å². The predicted molar refractivity (Wildman–Crippen MR) is 51.5 cm³/mol. The van der Waals surface area contributed by atoms with Gasteiger partial charge in [0.25, 0.3) is 0 Å². The second-order valence-electron chi connectivity index (χ2n) is 3.16. The van der Waals surface area contributed by atoms with Gasteiger partial charge in [-0.05, 0) is 5.92 Å². The van der Waals surface area contributed by atoms with Crippen LogP contribution in [0, 0.1) is 17.2 Å². The summed E-state index contributed by atoms with van der Waals surface area (Å²) in [4.78, 5) is 0. The zero-order valence-corrected chi connectivity index (χ0v) is 9.39. The molecule has 76 valence electrons. The van der Waals surface area contributed by atoms with Crippen molar-refractivity contribution in [1.82, 2.24) is 10.2 Å². The first-order valence-corrected chi connectivity index (χ1v) is 6.39. The number of nitrogens with zero attached hydrogens (tertiary/aromatic N) is 3. The molecule has 0 bridgehead atoms. The van der Waals surface area contributed by atoms with E-state index in [4.69, 9.17) is 5.26 Å². The molecule has 1 heterocycles. The lowest BCUT2D eigenvalue weighted by atomic mass is 10.3. The number of aromatic nitrogens is 2. The lowest BCUT2D eigenvalue weighted by molar-refractivity contribution is 0.580. The molecular weight excluding hydrogens is 222 g/mol. The summed E-state index contributed by atoms with van der Waals surface area (Å²) in [6.07, 6.45) is 0. The third kappa shape index (κ3) is 2.49. The Morgan fingerprint density at radius 2 is 2.14 bits per heavy atom. The van der Waals surface area contributed by atoms with Crippen LogP contribution < -0.4 is 0 Å². The van der Waals surface area contributed by atoms with Crippen LogP contribution in [0.4, 0.5) is 0 Å². The van der Waals surface area contributed by atoms with Crippen LogP contribution in [0.1, 0.15) is 18.9 Å². The first-order chi connectivity index (χ1) is 6.45. The Balaban J connectivity index is 3.00. The summed E-state index contributed by atoms with van der Waals surface area (Å²) in [5.41, 5.74) is 0. The number of nitriles is 1. The van der Waals surface area contributed by atoms with Gasteiger partial charge in [0.05, 0.1) is 5.75 Å². The van der Waals surface area contributed by atoms with Crippen molar-refractivity contribution in [2.24, 2.45) is 5.92 Å². The van der Waals surface area contributed by atoms with Gasteiger partial charge in [-0.15, -0.1) is 10.2 Å². The quantitative estimate of drug-likeness (QED) is 0.769. The Morgan fingerprint density at radius 1 is 1.50 bits per heavy atom. The van der Waals surface area contributed by atoms with E-state index < -0.39 is 9.84 Å². The van der Waals surface area contributed by atoms with Gasteiger partial charge < -0.3 is 0 Å². The zero-order chi connectivity index (χ0) is 10.8. The van der Waals surface area contributed by atoms with Crippen LogP contribution in [0.5, 0.6) is 0 Å². The molecule has 0 aliphatic heterocycles. The summed E-state index contributed by atoms with van der Waals surface area (Å²) in [6, 6.07) is 1.75. The lowest BCUT2D eigenvalue weighted by Crippen LogP contribution is -2.11. The van der Waals surface area contributed by atoms with Crippen molar-refractivity contribution >= 4 is 21.2 Å². The van der Waals surface area contributed by atoms with Gasteiger partial charge in [0, 0.05) is 0 Å². The number of rotatable bonds is 3. The molecule has 14 heavy (non-hydrogen) atoms. The average Bonchev–Trinajstić information content (AvgIpc) is 2.49. The summed E-state index contributed by atoms with van der Waals surface area (Å²) >= 11 is 0.811. The highest BCUT2D eigenvalue weighted by atomic mass is 32.2. The second kappa shape index (κ2) is 4.02. The van der Waals surface area contributed by atoms with Gasteiger partial charge in [0.1, 0.15) is 6.07 Å². The summed E-state index contributed by atoms with van der Waals surface area (Å²) in [5, 5.41) is 15.4. The van der Waals surface area contributed by atoms with E-state index in [9.17, 15) is 8.42 Å². The maximum absolute atomic E-state index is 11.6.